The molecular formula is C24H22N3O4+. The van der Waals surface area contributed by atoms with Gasteiger partial charge in [0.1, 0.15) is 0 Å². The molecule has 2 aliphatic rings. The molecule has 0 unspecified atom stereocenters. The number of hydrogen-bond donors (Lipinski definition) is 1. The molecule has 7 nitrogen and oxygen atoms in total. The van der Waals surface area contributed by atoms with Crippen LogP contribution >= 0.6 is 0 Å². The Morgan fingerprint density at radius 2 is 2.00 bits per heavy atom. The van der Waals surface area contributed by atoms with Gasteiger partial charge < -0.3 is 23.9 Å². The maximum atomic E-state index is 10.9. The SMILES string of the molecule is COc1cc(Cn2cnc(C)c2)c2cc3[n+](cc2c1O)CCc1cc2c(cc1-3)OCO2. The van der Waals surface area contributed by atoms with E-state index in [4.69, 9.17) is 14.2 Å². The summed E-state index contributed by atoms with van der Waals surface area (Å²) in [6.45, 7) is 3.69. The number of phenolic OH excluding ortho intramolecular Hbond substituents is 1. The molecule has 6 rings (SSSR count). The van der Waals surface area contributed by atoms with Crippen LogP contribution in [0.4, 0.5) is 0 Å². The van der Waals surface area contributed by atoms with Crippen LogP contribution in [0.3, 0.4) is 0 Å². The van der Waals surface area contributed by atoms with Crippen molar-refractivity contribution in [1.29, 1.82) is 0 Å². The number of aromatic hydroxyl groups is 1. The Morgan fingerprint density at radius 3 is 2.77 bits per heavy atom. The molecule has 0 saturated carbocycles. The van der Waals surface area contributed by atoms with Crippen molar-refractivity contribution in [3.05, 3.63) is 59.8 Å². The number of rotatable bonds is 3. The maximum absolute atomic E-state index is 10.9. The number of phenols is 1. The average molecular weight is 416 g/mol. The summed E-state index contributed by atoms with van der Waals surface area (Å²) < 4.78 is 20.9. The zero-order chi connectivity index (χ0) is 21.1. The number of pyridine rings is 1. The number of nitrogens with zero attached hydrogens (tertiary/aromatic N) is 3. The van der Waals surface area contributed by atoms with Crippen molar-refractivity contribution in [2.45, 2.75) is 26.4 Å². The molecule has 0 fully saturated rings. The van der Waals surface area contributed by atoms with Gasteiger partial charge in [0, 0.05) is 30.6 Å². The van der Waals surface area contributed by atoms with E-state index in [1.807, 2.05) is 36.3 Å². The van der Waals surface area contributed by atoms with Gasteiger partial charge in [0.15, 0.2) is 35.7 Å². The van der Waals surface area contributed by atoms with Gasteiger partial charge in [0.2, 0.25) is 12.5 Å². The second-order valence-corrected chi connectivity index (χ2v) is 8.07. The van der Waals surface area contributed by atoms with E-state index in [9.17, 15) is 5.11 Å². The standard InChI is InChI=1S/C24H21N3O4/c1-14-9-26(12-25-14)10-16-6-23(29-2)24(28)19-11-27-4-3-15-5-21-22(31-13-30-21)8-18(15)20(27)7-17(16)19/h5-9,11-12H,3-4,10,13H2,1-2H3/p+1. The molecule has 0 amide bonds. The molecule has 2 aromatic carbocycles. The fraction of sp³-hybridized carbons (Fsp3) is 0.250. The highest BCUT2D eigenvalue weighted by atomic mass is 16.7. The van der Waals surface area contributed by atoms with Gasteiger partial charge in [-0.1, -0.05) is 0 Å². The highest BCUT2D eigenvalue weighted by Gasteiger charge is 2.29. The minimum Gasteiger partial charge on any atom is -0.504 e. The lowest BCUT2D eigenvalue weighted by atomic mass is 9.94. The second-order valence-electron chi connectivity index (χ2n) is 8.07. The highest BCUT2D eigenvalue weighted by Crippen LogP contribution is 2.42. The minimum absolute atomic E-state index is 0.162. The monoisotopic (exact) mass is 416 g/mol. The predicted octanol–water partition coefficient (Wildman–Crippen LogP) is 3.35. The molecule has 156 valence electrons. The van der Waals surface area contributed by atoms with Gasteiger partial charge in [-0.05, 0) is 36.2 Å². The van der Waals surface area contributed by atoms with Crippen molar-refractivity contribution in [3.8, 4) is 34.3 Å². The smallest absolute Gasteiger partial charge is 0.231 e. The quantitative estimate of drug-likeness (QED) is 0.519. The van der Waals surface area contributed by atoms with Crippen LogP contribution < -0.4 is 18.8 Å². The Labute approximate surface area is 179 Å². The minimum atomic E-state index is 0.162. The first-order chi connectivity index (χ1) is 15.1. The molecule has 2 aliphatic heterocycles. The molecule has 4 aromatic rings. The van der Waals surface area contributed by atoms with Crippen LogP contribution in [-0.4, -0.2) is 28.6 Å². The summed E-state index contributed by atoms with van der Waals surface area (Å²) in [5.74, 6) is 2.22. The topological polar surface area (TPSA) is 69.6 Å². The van der Waals surface area contributed by atoms with Crippen LogP contribution in [0.15, 0.2) is 43.0 Å². The highest BCUT2D eigenvalue weighted by molar-refractivity contribution is 5.94. The molecule has 7 heteroatoms. The van der Waals surface area contributed by atoms with Gasteiger partial charge in [-0.15, -0.1) is 0 Å². The van der Waals surface area contributed by atoms with E-state index in [-0.39, 0.29) is 12.5 Å². The van der Waals surface area contributed by atoms with Crippen molar-refractivity contribution < 1.29 is 23.9 Å². The molecule has 0 bridgehead atoms. The van der Waals surface area contributed by atoms with Gasteiger partial charge in [0.05, 0.1) is 30.1 Å². The van der Waals surface area contributed by atoms with Crippen molar-refractivity contribution in [2.75, 3.05) is 13.9 Å². The van der Waals surface area contributed by atoms with Crippen molar-refractivity contribution in [2.24, 2.45) is 0 Å². The van der Waals surface area contributed by atoms with Gasteiger partial charge >= 0.3 is 0 Å². The van der Waals surface area contributed by atoms with E-state index in [0.29, 0.717) is 12.3 Å². The van der Waals surface area contributed by atoms with Gasteiger partial charge in [-0.2, -0.15) is 4.57 Å². The Kier molecular flexibility index (Phi) is 3.86. The molecule has 4 heterocycles. The number of imidazole rings is 1. The fourth-order valence-electron chi connectivity index (χ4n) is 4.61. The zero-order valence-corrected chi connectivity index (χ0v) is 17.4. The lowest BCUT2D eigenvalue weighted by Gasteiger charge is -2.18. The summed E-state index contributed by atoms with van der Waals surface area (Å²) in [5, 5.41) is 12.6. The largest absolute Gasteiger partial charge is 0.504 e. The van der Waals surface area contributed by atoms with E-state index < -0.39 is 0 Å². The first-order valence-electron chi connectivity index (χ1n) is 10.3. The summed E-state index contributed by atoms with van der Waals surface area (Å²) in [6, 6.07) is 8.23. The maximum Gasteiger partial charge on any atom is 0.231 e. The summed E-state index contributed by atoms with van der Waals surface area (Å²) >= 11 is 0. The summed E-state index contributed by atoms with van der Waals surface area (Å²) in [6.07, 6.45) is 6.75. The Bertz CT molecular complexity index is 1360. The van der Waals surface area contributed by atoms with Crippen molar-refractivity contribution in [1.82, 2.24) is 9.55 Å². The number of ether oxygens (including phenoxy) is 3. The molecule has 0 saturated heterocycles. The zero-order valence-electron chi connectivity index (χ0n) is 17.4. The first-order valence-corrected chi connectivity index (χ1v) is 10.3. The summed E-state index contributed by atoms with van der Waals surface area (Å²) in [4.78, 5) is 4.34. The Hall–Kier alpha value is -3.74. The molecule has 0 radical (unpaired) electrons. The van der Waals surface area contributed by atoms with Crippen molar-refractivity contribution >= 4 is 10.8 Å². The van der Waals surface area contributed by atoms with E-state index >= 15 is 0 Å². The van der Waals surface area contributed by atoms with Gasteiger partial charge in [-0.3, -0.25) is 0 Å². The van der Waals surface area contributed by atoms with Crippen LogP contribution in [0.2, 0.25) is 0 Å². The molecular weight excluding hydrogens is 394 g/mol. The molecule has 2 aromatic heterocycles. The van der Waals surface area contributed by atoms with Crippen LogP contribution in [0.1, 0.15) is 16.8 Å². The Balaban J connectivity index is 1.58. The first kappa shape index (κ1) is 18.1. The van der Waals surface area contributed by atoms with E-state index in [2.05, 4.69) is 27.8 Å². The predicted molar refractivity (Wildman–Crippen MR) is 114 cm³/mol. The lowest BCUT2D eigenvalue weighted by Crippen LogP contribution is -2.40. The van der Waals surface area contributed by atoms with E-state index in [0.717, 1.165) is 57.8 Å². The number of hydrogen-bond acceptors (Lipinski definition) is 5. The third-order valence-electron chi connectivity index (χ3n) is 6.14. The summed E-state index contributed by atoms with van der Waals surface area (Å²) in [7, 11) is 1.58. The fourth-order valence-corrected chi connectivity index (χ4v) is 4.61. The number of aryl methyl sites for hydroxylation is 3. The number of fused-ring (bicyclic) bond motifs is 5. The van der Waals surface area contributed by atoms with Gasteiger partial charge in [-0.25, -0.2) is 4.98 Å². The number of methoxy groups -OCH3 is 1. The second kappa shape index (κ2) is 6.63. The van der Waals surface area contributed by atoms with Gasteiger partial charge in [0.25, 0.3) is 0 Å². The molecule has 0 spiro atoms. The van der Waals surface area contributed by atoms with Crippen LogP contribution in [0, 0.1) is 6.92 Å². The third kappa shape index (κ3) is 2.80. The van der Waals surface area contributed by atoms with Crippen molar-refractivity contribution in [3.63, 3.8) is 0 Å². The molecule has 31 heavy (non-hydrogen) atoms. The van der Waals surface area contributed by atoms with Crippen LogP contribution in [0.5, 0.6) is 23.0 Å². The van der Waals surface area contributed by atoms with E-state index in [1.54, 1.807) is 7.11 Å². The van der Waals surface area contributed by atoms with Crippen LogP contribution in [0.25, 0.3) is 22.0 Å². The van der Waals surface area contributed by atoms with Crippen LogP contribution in [-0.2, 0) is 19.5 Å². The lowest BCUT2D eigenvalue weighted by molar-refractivity contribution is -0.686. The summed E-state index contributed by atoms with van der Waals surface area (Å²) in [5.41, 5.74) is 5.50. The molecule has 1 N–H and O–H groups in total. The number of aromatic nitrogens is 3. The normalized spacial score (nSPS) is 13.9. The molecule has 0 atom stereocenters. The molecule has 0 aliphatic carbocycles. The Morgan fingerprint density at radius 1 is 1.16 bits per heavy atom. The van der Waals surface area contributed by atoms with E-state index in [1.165, 1.54) is 5.56 Å². The number of benzene rings is 2. The average Bonchev–Trinajstić information content (AvgIpc) is 3.41. The third-order valence-corrected chi connectivity index (χ3v) is 6.14.